The quantitative estimate of drug-likeness (QED) is 0.874. The van der Waals surface area contributed by atoms with E-state index in [1.54, 1.807) is 11.9 Å². The zero-order valence-electron chi connectivity index (χ0n) is 13.4. The van der Waals surface area contributed by atoms with Gasteiger partial charge >= 0.3 is 6.03 Å². The van der Waals surface area contributed by atoms with Crippen LogP contribution in [0.1, 0.15) is 31.2 Å². The van der Waals surface area contributed by atoms with Crippen LogP contribution in [0.3, 0.4) is 0 Å². The highest BCUT2D eigenvalue weighted by Crippen LogP contribution is 2.26. The van der Waals surface area contributed by atoms with E-state index in [4.69, 9.17) is 5.11 Å². The molecule has 2 amide bonds. The molecule has 23 heavy (non-hydrogen) atoms. The molecule has 2 N–H and O–H groups in total. The molecule has 0 unspecified atom stereocenters. The Hall–Kier alpha value is -1.69. The van der Waals surface area contributed by atoms with Crippen LogP contribution >= 0.6 is 0 Å². The summed E-state index contributed by atoms with van der Waals surface area (Å²) in [6, 6.07) is 3.68. The maximum absolute atomic E-state index is 13.5. The molecular weight excluding hydrogens is 302 g/mol. The zero-order valence-corrected chi connectivity index (χ0v) is 13.4. The lowest BCUT2D eigenvalue weighted by atomic mass is 9.86. The summed E-state index contributed by atoms with van der Waals surface area (Å²) in [5, 5.41) is 11.9. The van der Waals surface area contributed by atoms with Crippen molar-refractivity contribution in [2.75, 3.05) is 20.2 Å². The molecular formula is C17H24F2N2O2. The Morgan fingerprint density at radius 3 is 2.43 bits per heavy atom. The highest BCUT2D eigenvalue weighted by atomic mass is 19.1. The van der Waals surface area contributed by atoms with Crippen LogP contribution in [0.4, 0.5) is 13.6 Å². The standard InChI is InChI=1S/C17H24F2N2O2/c1-21(13-7-5-12(11-22)6-8-13)17(23)20-10-9-14-15(18)3-2-4-16(14)19/h2-4,12-13,22H,5-11H2,1H3,(H,20,23). The van der Waals surface area contributed by atoms with Crippen LogP contribution in [0, 0.1) is 17.6 Å². The van der Waals surface area contributed by atoms with Gasteiger partial charge in [-0.15, -0.1) is 0 Å². The van der Waals surface area contributed by atoms with E-state index < -0.39 is 11.6 Å². The van der Waals surface area contributed by atoms with Crippen molar-refractivity contribution in [2.45, 2.75) is 38.1 Å². The fourth-order valence-corrected chi connectivity index (χ4v) is 3.07. The van der Waals surface area contributed by atoms with Crippen molar-refractivity contribution >= 4 is 6.03 Å². The SMILES string of the molecule is CN(C(=O)NCCc1c(F)cccc1F)C1CCC(CO)CC1. The van der Waals surface area contributed by atoms with Crippen molar-refractivity contribution in [1.82, 2.24) is 10.2 Å². The van der Waals surface area contributed by atoms with Gasteiger partial charge in [0.15, 0.2) is 0 Å². The number of nitrogens with one attached hydrogen (secondary N) is 1. The second-order valence-corrected chi connectivity index (χ2v) is 6.15. The monoisotopic (exact) mass is 326 g/mol. The summed E-state index contributed by atoms with van der Waals surface area (Å²) in [6.45, 7) is 0.393. The van der Waals surface area contributed by atoms with E-state index in [1.807, 2.05) is 0 Å². The largest absolute Gasteiger partial charge is 0.396 e. The van der Waals surface area contributed by atoms with Crippen LogP contribution in [0.15, 0.2) is 18.2 Å². The first-order valence-electron chi connectivity index (χ1n) is 8.07. The predicted octanol–water partition coefficient (Wildman–Crippen LogP) is 2.70. The molecule has 0 heterocycles. The number of urea groups is 1. The Morgan fingerprint density at radius 1 is 1.26 bits per heavy atom. The van der Waals surface area contributed by atoms with Crippen molar-refractivity contribution in [3.05, 3.63) is 35.4 Å². The minimum atomic E-state index is -0.588. The summed E-state index contributed by atoms with van der Waals surface area (Å²) >= 11 is 0. The molecule has 1 fully saturated rings. The van der Waals surface area contributed by atoms with Gasteiger partial charge in [-0.3, -0.25) is 0 Å². The van der Waals surface area contributed by atoms with Gasteiger partial charge in [-0.25, -0.2) is 13.6 Å². The second kappa shape index (κ2) is 8.24. The molecule has 1 aromatic rings. The Kier molecular flexibility index (Phi) is 6.33. The number of hydrogen-bond acceptors (Lipinski definition) is 2. The number of hydrogen-bond donors (Lipinski definition) is 2. The van der Waals surface area contributed by atoms with Gasteiger partial charge in [-0.2, -0.15) is 0 Å². The average Bonchev–Trinajstić information content (AvgIpc) is 2.56. The van der Waals surface area contributed by atoms with E-state index >= 15 is 0 Å². The van der Waals surface area contributed by atoms with Crippen molar-refractivity contribution < 1.29 is 18.7 Å². The molecule has 0 atom stereocenters. The number of benzene rings is 1. The van der Waals surface area contributed by atoms with Crippen molar-refractivity contribution in [3.8, 4) is 0 Å². The Bertz CT molecular complexity index is 511. The zero-order chi connectivity index (χ0) is 16.8. The Balaban J connectivity index is 1.78. The Morgan fingerprint density at radius 2 is 1.87 bits per heavy atom. The van der Waals surface area contributed by atoms with Crippen LogP contribution in [0.2, 0.25) is 0 Å². The van der Waals surface area contributed by atoms with Crippen LogP contribution in [-0.2, 0) is 6.42 Å². The lowest BCUT2D eigenvalue weighted by Crippen LogP contribution is -2.45. The maximum atomic E-state index is 13.5. The molecule has 128 valence electrons. The summed E-state index contributed by atoms with van der Waals surface area (Å²) < 4.78 is 27.0. The van der Waals surface area contributed by atoms with E-state index in [0.29, 0.717) is 5.92 Å². The Labute approximate surface area is 135 Å². The smallest absolute Gasteiger partial charge is 0.317 e. The number of halogens is 2. The molecule has 1 aliphatic carbocycles. The molecule has 6 heteroatoms. The van der Waals surface area contributed by atoms with E-state index in [0.717, 1.165) is 25.7 Å². The van der Waals surface area contributed by atoms with Crippen LogP contribution in [0.5, 0.6) is 0 Å². The molecule has 0 radical (unpaired) electrons. The van der Waals surface area contributed by atoms with E-state index in [-0.39, 0.29) is 37.2 Å². The van der Waals surface area contributed by atoms with Gasteiger partial charge in [-0.05, 0) is 50.2 Å². The number of rotatable bonds is 5. The van der Waals surface area contributed by atoms with Gasteiger partial charge in [0.05, 0.1) is 0 Å². The first kappa shape index (κ1) is 17.7. The lowest BCUT2D eigenvalue weighted by Gasteiger charge is -2.34. The minimum absolute atomic E-state index is 0.00101. The molecule has 1 aromatic carbocycles. The normalized spacial score (nSPS) is 21.0. The highest BCUT2D eigenvalue weighted by molar-refractivity contribution is 5.74. The van der Waals surface area contributed by atoms with Crippen LogP contribution in [-0.4, -0.2) is 42.3 Å². The fourth-order valence-electron chi connectivity index (χ4n) is 3.07. The van der Waals surface area contributed by atoms with Crippen LogP contribution < -0.4 is 5.32 Å². The summed E-state index contributed by atoms with van der Waals surface area (Å²) in [6.07, 6.45) is 3.70. The number of amides is 2. The number of carbonyl (C=O) groups excluding carboxylic acids is 1. The number of aliphatic hydroxyl groups excluding tert-OH is 1. The van der Waals surface area contributed by atoms with Crippen LogP contribution in [0.25, 0.3) is 0 Å². The topological polar surface area (TPSA) is 52.6 Å². The van der Waals surface area contributed by atoms with Crippen molar-refractivity contribution in [3.63, 3.8) is 0 Å². The summed E-state index contributed by atoms with van der Waals surface area (Å²) in [5.41, 5.74) is -0.00101. The second-order valence-electron chi connectivity index (χ2n) is 6.15. The van der Waals surface area contributed by atoms with Crippen molar-refractivity contribution in [2.24, 2.45) is 5.92 Å². The summed E-state index contributed by atoms with van der Waals surface area (Å²) in [4.78, 5) is 13.8. The van der Waals surface area contributed by atoms with E-state index in [1.165, 1.54) is 18.2 Å². The number of aliphatic hydroxyl groups is 1. The molecule has 1 saturated carbocycles. The third-order valence-electron chi connectivity index (χ3n) is 4.66. The van der Waals surface area contributed by atoms with Gasteiger partial charge in [-0.1, -0.05) is 6.07 Å². The van der Waals surface area contributed by atoms with Crippen molar-refractivity contribution in [1.29, 1.82) is 0 Å². The molecule has 2 rings (SSSR count). The third kappa shape index (κ3) is 4.64. The molecule has 0 bridgehead atoms. The molecule has 4 nitrogen and oxygen atoms in total. The fraction of sp³-hybridized carbons (Fsp3) is 0.588. The lowest BCUT2D eigenvalue weighted by molar-refractivity contribution is 0.134. The predicted molar refractivity (Wildman–Crippen MR) is 84.1 cm³/mol. The van der Waals surface area contributed by atoms with E-state index in [9.17, 15) is 13.6 Å². The highest BCUT2D eigenvalue weighted by Gasteiger charge is 2.26. The molecule has 1 aliphatic rings. The summed E-state index contributed by atoms with van der Waals surface area (Å²) in [7, 11) is 1.74. The number of carbonyl (C=O) groups is 1. The maximum Gasteiger partial charge on any atom is 0.317 e. The first-order chi connectivity index (χ1) is 11.0. The molecule has 0 spiro atoms. The summed E-state index contributed by atoms with van der Waals surface area (Å²) in [5.74, 6) is -0.836. The average molecular weight is 326 g/mol. The minimum Gasteiger partial charge on any atom is -0.396 e. The molecule has 0 aliphatic heterocycles. The molecule has 0 saturated heterocycles. The van der Waals surface area contributed by atoms with Gasteiger partial charge in [0.2, 0.25) is 0 Å². The number of nitrogens with zero attached hydrogens (tertiary/aromatic N) is 1. The van der Waals surface area contributed by atoms with Gasteiger partial charge < -0.3 is 15.3 Å². The van der Waals surface area contributed by atoms with Gasteiger partial charge in [0.25, 0.3) is 0 Å². The molecule has 0 aromatic heterocycles. The third-order valence-corrected chi connectivity index (χ3v) is 4.66. The van der Waals surface area contributed by atoms with E-state index in [2.05, 4.69) is 5.32 Å². The van der Waals surface area contributed by atoms with Gasteiger partial charge in [0, 0.05) is 31.8 Å². The van der Waals surface area contributed by atoms with Gasteiger partial charge in [0.1, 0.15) is 11.6 Å². The first-order valence-corrected chi connectivity index (χ1v) is 8.07.